The maximum absolute atomic E-state index is 4.81. The van der Waals surface area contributed by atoms with E-state index in [0.29, 0.717) is 5.92 Å². The van der Waals surface area contributed by atoms with Crippen LogP contribution in [0.2, 0.25) is 0 Å². The molecule has 1 fully saturated rings. The van der Waals surface area contributed by atoms with Crippen molar-refractivity contribution in [1.29, 1.82) is 0 Å². The molecule has 2 aromatic carbocycles. The number of aryl methyl sites for hydroxylation is 4. The van der Waals surface area contributed by atoms with Gasteiger partial charge in [-0.2, -0.15) is 5.10 Å². The van der Waals surface area contributed by atoms with Crippen molar-refractivity contribution in [2.75, 3.05) is 0 Å². The van der Waals surface area contributed by atoms with E-state index in [1.165, 1.54) is 22.2 Å². The van der Waals surface area contributed by atoms with Gasteiger partial charge in [0, 0.05) is 61.6 Å². The third-order valence-electron chi connectivity index (χ3n) is 6.86. The minimum Gasteiger partial charge on any atom is -0.331 e. The number of allylic oxidation sites excluding steroid dienone is 1. The summed E-state index contributed by atoms with van der Waals surface area (Å²) >= 11 is 0. The molecule has 2 unspecified atom stereocenters. The lowest BCUT2D eigenvalue weighted by Crippen LogP contribution is -2.10. The molecule has 0 bridgehead atoms. The zero-order valence-electron chi connectivity index (χ0n) is 17.9. The van der Waals surface area contributed by atoms with Gasteiger partial charge in [-0.3, -0.25) is 9.67 Å². The summed E-state index contributed by atoms with van der Waals surface area (Å²) in [7, 11) is 4.11. The highest BCUT2D eigenvalue weighted by molar-refractivity contribution is 5.77. The molecule has 31 heavy (non-hydrogen) atoms. The number of imidazole rings is 1. The van der Waals surface area contributed by atoms with Gasteiger partial charge in [0.2, 0.25) is 0 Å². The molecule has 2 atom stereocenters. The molecule has 5 heteroatoms. The number of hydrogen-bond acceptors (Lipinski definition) is 3. The van der Waals surface area contributed by atoms with Gasteiger partial charge >= 0.3 is 0 Å². The Morgan fingerprint density at radius 3 is 2.68 bits per heavy atom. The normalized spacial score (nSPS) is 21.5. The lowest BCUT2D eigenvalue weighted by Gasteiger charge is -2.14. The summed E-state index contributed by atoms with van der Waals surface area (Å²) in [6, 6.07) is 17.2. The first-order chi connectivity index (χ1) is 15.1. The molecule has 0 amide bonds. The van der Waals surface area contributed by atoms with Gasteiger partial charge in [-0.05, 0) is 30.5 Å². The van der Waals surface area contributed by atoms with E-state index in [1.807, 2.05) is 24.0 Å². The van der Waals surface area contributed by atoms with Crippen LogP contribution in [0.1, 0.15) is 23.4 Å². The summed E-state index contributed by atoms with van der Waals surface area (Å²) in [5.74, 6) is 1.63. The highest BCUT2D eigenvalue weighted by Gasteiger charge is 2.55. The first-order valence-electron chi connectivity index (χ1n) is 10.9. The second-order valence-electron chi connectivity index (χ2n) is 8.80. The molecule has 1 aliphatic carbocycles. The Hall–Kier alpha value is -3.47. The summed E-state index contributed by atoms with van der Waals surface area (Å²) < 4.78 is 4.14. The molecule has 6 rings (SSSR count). The van der Waals surface area contributed by atoms with Crippen molar-refractivity contribution < 1.29 is 0 Å². The highest BCUT2D eigenvalue weighted by Crippen LogP contribution is 2.57. The van der Waals surface area contributed by atoms with Crippen LogP contribution in [0.3, 0.4) is 0 Å². The Kier molecular flexibility index (Phi) is 4.00. The van der Waals surface area contributed by atoms with E-state index < -0.39 is 0 Å². The van der Waals surface area contributed by atoms with E-state index in [2.05, 4.69) is 77.6 Å². The van der Waals surface area contributed by atoms with Crippen LogP contribution in [0.5, 0.6) is 0 Å². The molecule has 4 aromatic rings. The van der Waals surface area contributed by atoms with Gasteiger partial charge in [0.1, 0.15) is 5.82 Å². The maximum atomic E-state index is 4.81. The summed E-state index contributed by atoms with van der Waals surface area (Å²) in [5.41, 5.74) is 7.25. The molecule has 2 aliphatic rings. The maximum Gasteiger partial charge on any atom is 0.109 e. The van der Waals surface area contributed by atoms with Gasteiger partial charge in [-0.1, -0.05) is 42.5 Å². The summed E-state index contributed by atoms with van der Waals surface area (Å²) in [5, 5.41) is 4.81. The van der Waals surface area contributed by atoms with Crippen molar-refractivity contribution in [2.24, 2.45) is 25.0 Å². The van der Waals surface area contributed by atoms with Crippen LogP contribution in [0.15, 0.2) is 72.0 Å². The van der Waals surface area contributed by atoms with Gasteiger partial charge < -0.3 is 4.57 Å². The van der Waals surface area contributed by atoms with Crippen molar-refractivity contribution in [1.82, 2.24) is 19.3 Å². The summed E-state index contributed by atoms with van der Waals surface area (Å²) in [4.78, 5) is 9.12. The monoisotopic (exact) mass is 407 g/mol. The third kappa shape index (κ3) is 2.95. The van der Waals surface area contributed by atoms with E-state index in [4.69, 9.17) is 10.1 Å². The predicted octanol–water partition coefficient (Wildman–Crippen LogP) is 4.61. The smallest absolute Gasteiger partial charge is 0.109 e. The quantitative estimate of drug-likeness (QED) is 0.485. The number of aliphatic imine (C=N–C) groups is 1. The number of rotatable bonds is 5. The summed E-state index contributed by atoms with van der Waals surface area (Å²) in [6.07, 6.45) is 11.5. The number of aromatic nitrogens is 4. The van der Waals surface area contributed by atoms with Gasteiger partial charge in [0.25, 0.3) is 0 Å². The average molecular weight is 408 g/mol. The largest absolute Gasteiger partial charge is 0.331 e. The average Bonchev–Trinajstić information content (AvgIpc) is 3.30. The molecular weight excluding hydrogens is 382 g/mol. The number of hydrogen-bond donors (Lipinski definition) is 0. The van der Waals surface area contributed by atoms with E-state index >= 15 is 0 Å². The SMILES string of the molecule is Cn1cc(C23C=CN=CC2C3)c(-c2ccc(CCc3nc4ccccc4n3C)cc2)n1. The Morgan fingerprint density at radius 1 is 1.03 bits per heavy atom. The topological polar surface area (TPSA) is 48.0 Å². The lowest BCUT2D eigenvalue weighted by molar-refractivity contribution is 0.765. The predicted molar refractivity (Wildman–Crippen MR) is 124 cm³/mol. The fraction of sp³-hybridized carbons (Fsp3) is 0.269. The molecule has 1 aliphatic heterocycles. The van der Waals surface area contributed by atoms with Crippen molar-refractivity contribution in [3.63, 3.8) is 0 Å². The molecule has 2 aromatic heterocycles. The van der Waals surface area contributed by atoms with Crippen LogP contribution < -0.4 is 0 Å². The minimum atomic E-state index is 0.0875. The van der Waals surface area contributed by atoms with E-state index in [0.717, 1.165) is 36.3 Å². The van der Waals surface area contributed by atoms with Crippen molar-refractivity contribution in [2.45, 2.75) is 24.7 Å². The number of benzene rings is 2. The van der Waals surface area contributed by atoms with E-state index in [1.54, 1.807) is 0 Å². The zero-order valence-corrected chi connectivity index (χ0v) is 17.9. The lowest BCUT2D eigenvalue weighted by atomic mass is 9.90. The van der Waals surface area contributed by atoms with Crippen molar-refractivity contribution in [3.8, 4) is 11.3 Å². The second kappa shape index (κ2) is 6.77. The molecule has 0 spiro atoms. The van der Waals surface area contributed by atoms with Gasteiger partial charge in [-0.15, -0.1) is 0 Å². The Bertz CT molecular complexity index is 1340. The summed E-state index contributed by atoms with van der Waals surface area (Å²) in [6.45, 7) is 0. The van der Waals surface area contributed by atoms with Crippen LogP contribution in [-0.2, 0) is 32.4 Å². The second-order valence-corrected chi connectivity index (χ2v) is 8.80. The van der Waals surface area contributed by atoms with Crippen molar-refractivity contribution in [3.05, 3.63) is 84.0 Å². The van der Waals surface area contributed by atoms with Crippen LogP contribution in [0.4, 0.5) is 0 Å². The molecule has 1 saturated carbocycles. The fourth-order valence-corrected chi connectivity index (χ4v) is 4.96. The first kappa shape index (κ1) is 18.3. The van der Waals surface area contributed by atoms with Crippen LogP contribution in [0, 0.1) is 5.92 Å². The van der Waals surface area contributed by atoms with Crippen molar-refractivity contribution >= 4 is 17.2 Å². The standard InChI is InChI=1S/C26H25N5/c1-30-17-21(26-13-14-27-16-20(26)15-26)25(29-30)19-10-7-18(8-11-19)9-12-24-28-22-5-3-4-6-23(22)31(24)2/h3-8,10-11,13-14,16-17,20H,9,12,15H2,1-2H3. The van der Waals surface area contributed by atoms with E-state index in [-0.39, 0.29) is 5.41 Å². The first-order valence-corrected chi connectivity index (χ1v) is 10.9. The minimum absolute atomic E-state index is 0.0875. The van der Waals surface area contributed by atoms with Crippen LogP contribution in [-0.4, -0.2) is 25.5 Å². The third-order valence-corrected chi connectivity index (χ3v) is 6.86. The van der Waals surface area contributed by atoms with Crippen LogP contribution in [0.25, 0.3) is 22.3 Å². The zero-order chi connectivity index (χ0) is 21.0. The Labute approximate surface area is 181 Å². The van der Waals surface area contributed by atoms with Crippen LogP contribution >= 0.6 is 0 Å². The molecule has 3 heterocycles. The highest BCUT2D eigenvalue weighted by atomic mass is 15.3. The molecule has 0 radical (unpaired) electrons. The Balaban J connectivity index is 1.23. The van der Waals surface area contributed by atoms with Gasteiger partial charge in [0.15, 0.2) is 0 Å². The van der Waals surface area contributed by atoms with Gasteiger partial charge in [0.05, 0.1) is 16.7 Å². The number of nitrogens with zero attached hydrogens (tertiary/aromatic N) is 5. The fourth-order valence-electron chi connectivity index (χ4n) is 4.96. The van der Waals surface area contributed by atoms with Gasteiger partial charge in [-0.25, -0.2) is 4.98 Å². The molecule has 5 nitrogen and oxygen atoms in total. The number of fused-ring (bicyclic) bond motifs is 2. The number of para-hydroxylation sites is 2. The molecule has 154 valence electrons. The Morgan fingerprint density at radius 2 is 1.87 bits per heavy atom. The molecule has 0 N–H and O–H groups in total. The van der Waals surface area contributed by atoms with E-state index in [9.17, 15) is 0 Å². The molecule has 0 saturated heterocycles. The molecular formula is C26H25N5.